The van der Waals surface area contributed by atoms with Crippen molar-refractivity contribution < 1.29 is 13.5 Å². The van der Waals surface area contributed by atoms with Gasteiger partial charge in [-0.3, -0.25) is 4.79 Å². The van der Waals surface area contributed by atoms with Crippen LogP contribution in [0.2, 0.25) is 5.02 Å². The molecule has 106 valence electrons. The molecule has 0 amide bonds. The average molecular weight is 305 g/mol. The number of benzene rings is 1. The van der Waals surface area contributed by atoms with Gasteiger partial charge < -0.3 is 5.73 Å². The molecule has 0 fully saturated rings. The zero-order valence-corrected chi connectivity index (χ0v) is 11.8. The number of aromatic nitrogens is 1. The molecule has 0 spiro atoms. The van der Waals surface area contributed by atoms with Crippen LogP contribution in [0.5, 0.6) is 0 Å². The number of hydrogen-bond donors (Lipinski definition) is 1. The number of nitrogens with zero attached hydrogens (tertiary/aromatic N) is 1. The molecule has 0 saturated heterocycles. The van der Waals surface area contributed by atoms with Crippen LogP contribution in [0.3, 0.4) is 0 Å². The van der Waals surface area contributed by atoms with Gasteiger partial charge in [0.15, 0.2) is 0 Å². The van der Waals surface area contributed by atoms with Gasteiger partial charge in [0.05, 0.1) is 15.5 Å². The second-order valence-corrected chi connectivity index (χ2v) is 5.29. The first kappa shape index (κ1) is 14.1. The van der Waals surface area contributed by atoms with E-state index >= 15 is 0 Å². The van der Waals surface area contributed by atoms with E-state index in [1.165, 1.54) is 24.4 Å². The molecule has 2 N–H and O–H groups in total. The van der Waals surface area contributed by atoms with Gasteiger partial charge in [-0.25, -0.2) is 8.76 Å². The highest BCUT2D eigenvalue weighted by molar-refractivity contribution is 7.08. The molecule has 0 saturated carbocycles. The fraction of sp³-hybridized carbons (Fsp3) is 0.231. The lowest BCUT2D eigenvalue weighted by Gasteiger charge is -2.13. The van der Waals surface area contributed by atoms with Gasteiger partial charge in [0.25, 0.3) is 0 Å². The third kappa shape index (κ3) is 2.68. The zero-order valence-electron chi connectivity index (χ0n) is 10.2. The number of carbonyl (C=O) groups is 1. The Bertz CT molecular complexity index is 614. The first-order valence-corrected chi connectivity index (χ1v) is 6.90. The third-order valence-corrected chi connectivity index (χ3v) is 3.91. The predicted octanol–water partition coefficient (Wildman–Crippen LogP) is 4.31. The Kier molecular flexibility index (Phi) is 4.29. The summed E-state index contributed by atoms with van der Waals surface area (Å²) in [5.41, 5.74) is 6.00. The topological polar surface area (TPSA) is 56.0 Å². The molecule has 19 heavy (non-hydrogen) atoms. The van der Waals surface area contributed by atoms with E-state index in [1.54, 1.807) is 0 Å². The van der Waals surface area contributed by atoms with E-state index in [-0.39, 0.29) is 14.9 Å². The summed E-state index contributed by atoms with van der Waals surface area (Å²) < 4.78 is 18.2. The van der Waals surface area contributed by atoms with E-state index < -0.39 is 17.6 Å². The van der Waals surface area contributed by atoms with Crippen molar-refractivity contribution in [2.24, 2.45) is 5.73 Å². The van der Waals surface area contributed by atoms with Crippen LogP contribution in [0.15, 0.2) is 24.4 Å². The van der Waals surface area contributed by atoms with E-state index in [0.29, 0.717) is 16.9 Å². The van der Waals surface area contributed by atoms with Gasteiger partial charge in [0, 0.05) is 22.1 Å². The quantitative estimate of drug-likeness (QED) is 0.856. The van der Waals surface area contributed by atoms with E-state index in [0.717, 1.165) is 11.5 Å². The molecule has 2 rings (SSSR count). The Morgan fingerprint density at radius 1 is 1.58 bits per heavy atom. The van der Waals surface area contributed by atoms with Crippen molar-refractivity contribution in [3.8, 4) is 0 Å². The van der Waals surface area contributed by atoms with Gasteiger partial charge in [0.2, 0.25) is 5.78 Å². The van der Waals surface area contributed by atoms with E-state index in [1.807, 2.05) is 6.92 Å². The number of ketones is 1. The molecule has 0 bridgehead atoms. The molecule has 1 atom stereocenters. The number of hydrogen-bond acceptors (Lipinski definition) is 4. The van der Waals surface area contributed by atoms with Gasteiger partial charge in [0.1, 0.15) is 5.82 Å². The first-order chi connectivity index (χ1) is 9.06. The predicted molar refractivity (Wildman–Crippen MR) is 80.5 cm³/mol. The SMILES string of the molecule is CC[C@@H](N)c1ccc(Cl)c(C(=O)c2ccns2)c1F.[HH].[HH].[HH]. The molecule has 1 aromatic heterocycles. The maximum Gasteiger partial charge on any atom is 0.209 e. The number of halogens is 2. The van der Waals surface area contributed by atoms with Crippen LogP contribution in [0.1, 0.15) is 44.5 Å². The maximum atomic E-state index is 14.4. The Hall–Kier alpha value is -1.30. The summed E-state index contributed by atoms with van der Waals surface area (Å²) in [7, 11) is 0. The molecule has 1 heterocycles. The van der Waals surface area contributed by atoms with Crippen molar-refractivity contribution in [1.29, 1.82) is 0 Å². The van der Waals surface area contributed by atoms with Crippen molar-refractivity contribution >= 4 is 28.9 Å². The van der Waals surface area contributed by atoms with Crippen LogP contribution in [0.25, 0.3) is 0 Å². The summed E-state index contributed by atoms with van der Waals surface area (Å²) in [6.07, 6.45) is 2.07. The minimum absolute atomic E-state index is 0. The molecular weight excluding hydrogens is 287 g/mol. The van der Waals surface area contributed by atoms with Gasteiger partial charge in [-0.15, -0.1) is 0 Å². The fourth-order valence-electron chi connectivity index (χ4n) is 1.74. The molecule has 0 radical (unpaired) electrons. The van der Waals surface area contributed by atoms with Crippen molar-refractivity contribution in [2.75, 3.05) is 0 Å². The molecular formula is C13H18ClFN2OS. The van der Waals surface area contributed by atoms with Crippen LogP contribution < -0.4 is 5.73 Å². The smallest absolute Gasteiger partial charge is 0.209 e. The summed E-state index contributed by atoms with van der Waals surface area (Å²) in [5, 5.41) is 0.0861. The number of carbonyl (C=O) groups excluding carboxylic acids is 1. The molecule has 1 aromatic carbocycles. The highest BCUT2D eigenvalue weighted by atomic mass is 35.5. The molecule has 0 aliphatic heterocycles. The lowest BCUT2D eigenvalue weighted by atomic mass is 9.99. The molecule has 0 aliphatic rings. The molecule has 3 nitrogen and oxygen atoms in total. The Labute approximate surface area is 123 Å². The van der Waals surface area contributed by atoms with Crippen LogP contribution in [0, 0.1) is 5.82 Å². The first-order valence-electron chi connectivity index (χ1n) is 5.75. The monoisotopic (exact) mass is 304 g/mol. The fourth-order valence-corrected chi connectivity index (χ4v) is 2.51. The Balaban J connectivity index is 0. The molecule has 0 aliphatic carbocycles. The van der Waals surface area contributed by atoms with Gasteiger partial charge in [-0.1, -0.05) is 24.6 Å². The second-order valence-electron chi connectivity index (χ2n) is 4.05. The van der Waals surface area contributed by atoms with Crippen LogP contribution in [-0.2, 0) is 0 Å². The lowest BCUT2D eigenvalue weighted by Crippen LogP contribution is -2.14. The summed E-state index contributed by atoms with van der Waals surface area (Å²) in [6.45, 7) is 1.85. The van der Waals surface area contributed by atoms with Crippen LogP contribution in [0.4, 0.5) is 4.39 Å². The minimum Gasteiger partial charge on any atom is -0.324 e. The lowest BCUT2D eigenvalue weighted by molar-refractivity contribution is 0.103. The zero-order chi connectivity index (χ0) is 14.0. The molecule has 2 aromatic rings. The van der Waals surface area contributed by atoms with Crippen molar-refractivity contribution in [3.05, 3.63) is 51.2 Å². The summed E-state index contributed by atoms with van der Waals surface area (Å²) in [5.74, 6) is -1.10. The van der Waals surface area contributed by atoms with Crippen LogP contribution in [-0.4, -0.2) is 10.2 Å². The van der Waals surface area contributed by atoms with Crippen LogP contribution >= 0.6 is 23.1 Å². The molecule has 6 heteroatoms. The van der Waals surface area contributed by atoms with Crippen molar-refractivity contribution in [1.82, 2.24) is 4.37 Å². The standard InChI is InChI=1S/C13H12ClFN2OS.3H2/c1-2-9(16)7-3-4-8(14)11(12(7)15)13(18)10-5-6-17-19-10;;;/h3-6,9H,2,16H2,1H3;3*1H/t9-;;;/m1.../s1. The summed E-state index contributed by atoms with van der Waals surface area (Å²) >= 11 is 6.95. The van der Waals surface area contributed by atoms with Crippen molar-refractivity contribution in [2.45, 2.75) is 19.4 Å². The largest absolute Gasteiger partial charge is 0.324 e. The number of rotatable bonds is 4. The summed E-state index contributed by atoms with van der Waals surface area (Å²) in [4.78, 5) is 12.6. The van der Waals surface area contributed by atoms with E-state index in [2.05, 4.69) is 4.37 Å². The van der Waals surface area contributed by atoms with Crippen molar-refractivity contribution in [3.63, 3.8) is 0 Å². The number of nitrogens with two attached hydrogens (primary N) is 1. The van der Waals surface area contributed by atoms with Gasteiger partial charge in [-0.2, -0.15) is 0 Å². The van der Waals surface area contributed by atoms with Gasteiger partial charge >= 0.3 is 0 Å². The maximum absolute atomic E-state index is 14.4. The molecule has 0 unspecified atom stereocenters. The average Bonchev–Trinajstić information content (AvgIpc) is 2.91. The van der Waals surface area contributed by atoms with E-state index in [9.17, 15) is 9.18 Å². The third-order valence-electron chi connectivity index (χ3n) is 2.85. The Morgan fingerprint density at radius 3 is 2.89 bits per heavy atom. The van der Waals surface area contributed by atoms with Gasteiger partial charge in [-0.05, 0) is 30.1 Å². The summed E-state index contributed by atoms with van der Waals surface area (Å²) in [6, 6.07) is 4.11. The highest BCUT2D eigenvalue weighted by Gasteiger charge is 2.23. The second kappa shape index (κ2) is 5.77. The minimum atomic E-state index is -0.639. The highest BCUT2D eigenvalue weighted by Crippen LogP contribution is 2.29. The van der Waals surface area contributed by atoms with E-state index in [4.69, 9.17) is 17.3 Å². The Morgan fingerprint density at radius 2 is 2.32 bits per heavy atom. The normalized spacial score (nSPS) is 12.4.